The van der Waals surface area contributed by atoms with E-state index in [0.29, 0.717) is 11.3 Å². The number of rotatable bonds is 6. The van der Waals surface area contributed by atoms with Gasteiger partial charge < -0.3 is 15.2 Å². The first-order chi connectivity index (χ1) is 14.5. The second-order valence-electron chi connectivity index (χ2n) is 7.83. The molecule has 0 aliphatic carbocycles. The predicted octanol–water partition coefficient (Wildman–Crippen LogP) is 3.67. The number of aromatic nitrogens is 1. The van der Waals surface area contributed by atoms with Crippen molar-refractivity contribution in [3.05, 3.63) is 59.2 Å². The summed E-state index contributed by atoms with van der Waals surface area (Å²) in [5, 5.41) is 0. The number of pyridine rings is 1. The number of amidine groups is 1. The molecule has 1 aromatic carbocycles. The number of benzene rings is 1. The van der Waals surface area contributed by atoms with Crippen molar-refractivity contribution >= 4 is 11.6 Å². The maximum Gasteiger partial charge on any atom is 0.299 e. The summed E-state index contributed by atoms with van der Waals surface area (Å²) in [5.74, 6) is -4.36. The maximum absolute atomic E-state index is 14.8. The van der Waals surface area contributed by atoms with Crippen LogP contribution in [0.2, 0.25) is 0 Å². The molecule has 2 N–H and O–H groups in total. The molecule has 1 aromatic heterocycles. The van der Waals surface area contributed by atoms with E-state index in [1.807, 2.05) is 13.8 Å². The molecular weight excluding hydrogens is 411 g/mol. The first-order valence-corrected chi connectivity index (χ1v) is 9.76. The van der Waals surface area contributed by atoms with Crippen LogP contribution in [0.5, 0.6) is 5.75 Å². The first-order valence-electron chi connectivity index (χ1n) is 9.76. The monoisotopic (exact) mass is 435 g/mol. The Bertz CT molecular complexity index is 993. The Morgan fingerprint density at radius 2 is 2.03 bits per heavy atom. The molecule has 2 aromatic rings. The lowest BCUT2D eigenvalue weighted by Gasteiger charge is -2.33. The summed E-state index contributed by atoms with van der Waals surface area (Å²) in [6, 6.07) is 6.78. The molecule has 166 valence electrons. The van der Waals surface area contributed by atoms with E-state index in [1.54, 1.807) is 6.07 Å². The Balaban J connectivity index is 1.89. The number of carbonyl (C=O) groups is 1. The Hall–Kier alpha value is -2.94. The van der Waals surface area contributed by atoms with Crippen LogP contribution in [0.1, 0.15) is 42.4 Å². The molecule has 0 saturated carbocycles. The van der Waals surface area contributed by atoms with Crippen LogP contribution in [0.15, 0.2) is 41.5 Å². The molecule has 3 rings (SSSR count). The van der Waals surface area contributed by atoms with Crippen molar-refractivity contribution < 1.29 is 27.4 Å². The van der Waals surface area contributed by atoms with E-state index in [4.69, 9.17) is 15.2 Å². The molecule has 1 aliphatic rings. The summed E-state index contributed by atoms with van der Waals surface area (Å²) in [5.41, 5.74) is 3.56. The summed E-state index contributed by atoms with van der Waals surface area (Å²) in [6.45, 7) is 3.62. The molecule has 0 unspecified atom stereocenters. The van der Waals surface area contributed by atoms with E-state index in [0.717, 1.165) is 13.0 Å². The highest BCUT2D eigenvalue weighted by Gasteiger charge is 2.54. The minimum atomic E-state index is -3.51. The molecule has 0 fully saturated rings. The van der Waals surface area contributed by atoms with Gasteiger partial charge in [0.2, 0.25) is 0 Å². The third kappa shape index (κ3) is 4.87. The number of Topliss-reactive ketones (excluding diaryl/α,β-unsaturated/α-hetero) is 1. The van der Waals surface area contributed by atoms with Gasteiger partial charge in [-0.2, -0.15) is 0 Å². The standard InChI is InChI=1S/C22H24F3N3O3/c1-13(2)31-15-5-7-18(27-10-15)19(29)9-14-4-6-17(23)16(8-14)21(3)22(24,25)12-30-11-20(26)28-21/h4-8,10,13H,9,11-12H2,1-3H3,(H2,26,28)/t21-/m1/s1. The number of ether oxygens (including phenoxy) is 2. The highest BCUT2D eigenvalue weighted by Crippen LogP contribution is 2.43. The lowest BCUT2D eigenvalue weighted by Crippen LogP contribution is -2.45. The van der Waals surface area contributed by atoms with Crippen molar-refractivity contribution in [3.8, 4) is 5.75 Å². The zero-order valence-electron chi connectivity index (χ0n) is 17.5. The molecular formula is C22H24F3N3O3. The lowest BCUT2D eigenvalue weighted by molar-refractivity contribution is -0.116. The van der Waals surface area contributed by atoms with Crippen LogP contribution < -0.4 is 10.5 Å². The third-order valence-electron chi connectivity index (χ3n) is 4.93. The van der Waals surface area contributed by atoms with Crippen molar-refractivity contribution in [1.29, 1.82) is 0 Å². The van der Waals surface area contributed by atoms with Crippen molar-refractivity contribution in [2.75, 3.05) is 13.2 Å². The summed E-state index contributed by atoms with van der Waals surface area (Å²) in [4.78, 5) is 20.6. The fourth-order valence-corrected chi connectivity index (χ4v) is 3.30. The summed E-state index contributed by atoms with van der Waals surface area (Å²) in [6.07, 6.45) is 1.25. The Morgan fingerprint density at radius 3 is 2.68 bits per heavy atom. The smallest absolute Gasteiger partial charge is 0.299 e. The predicted molar refractivity (Wildman–Crippen MR) is 109 cm³/mol. The normalized spacial score (nSPS) is 20.8. The Morgan fingerprint density at radius 1 is 1.29 bits per heavy atom. The molecule has 1 atom stereocenters. The number of hydrogen-bond donors (Lipinski definition) is 1. The molecule has 0 radical (unpaired) electrons. The van der Waals surface area contributed by atoms with Crippen molar-refractivity contribution in [1.82, 2.24) is 4.98 Å². The zero-order valence-corrected chi connectivity index (χ0v) is 17.5. The number of hydrogen-bond acceptors (Lipinski definition) is 6. The van der Waals surface area contributed by atoms with E-state index in [2.05, 4.69) is 9.98 Å². The molecule has 0 spiro atoms. The number of nitrogens with two attached hydrogens (primary N) is 1. The topological polar surface area (TPSA) is 86.8 Å². The van der Waals surface area contributed by atoms with Gasteiger partial charge in [0.15, 0.2) is 11.3 Å². The van der Waals surface area contributed by atoms with Gasteiger partial charge in [-0.1, -0.05) is 6.07 Å². The Labute approximate surface area is 178 Å². The van der Waals surface area contributed by atoms with Crippen LogP contribution >= 0.6 is 0 Å². The second kappa shape index (κ2) is 8.66. The van der Waals surface area contributed by atoms with E-state index in [-0.39, 0.29) is 42.0 Å². The minimum Gasteiger partial charge on any atom is -0.489 e. The average molecular weight is 435 g/mol. The van der Waals surface area contributed by atoms with Crippen LogP contribution in [0, 0.1) is 5.82 Å². The summed E-state index contributed by atoms with van der Waals surface area (Å²) in [7, 11) is 0. The van der Waals surface area contributed by atoms with Gasteiger partial charge in [0.1, 0.15) is 36.3 Å². The fraction of sp³-hybridized carbons (Fsp3) is 0.409. The van der Waals surface area contributed by atoms with Gasteiger partial charge >= 0.3 is 0 Å². The molecule has 0 bridgehead atoms. The van der Waals surface area contributed by atoms with Gasteiger partial charge in [-0.25, -0.2) is 18.2 Å². The molecule has 0 amide bonds. The molecule has 6 nitrogen and oxygen atoms in total. The lowest BCUT2D eigenvalue weighted by atomic mass is 9.84. The third-order valence-corrected chi connectivity index (χ3v) is 4.93. The van der Waals surface area contributed by atoms with Crippen molar-refractivity contribution in [2.24, 2.45) is 10.7 Å². The molecule has 31 heavy (non-hydrogen) atoms. The van der Waals surface area contributed by atoms with Gasteiger partial charge in [-0.05, 0) is 50.6 Å². The highest BCUT2D eigenvalue weighted by atomic mass is 19.3. The van der Waals surface area contributed by atoms with E-state index in [9.17, 15) is 18.0 Å². The Kier molecular flexibility index (Phi) is 6.35. The van der Waals surface area contributed by atoms with E-state index < -0.39 is 23.9 Å². The minimum absolute atomic E-state index is 0.0356. The van der Waals surface area contributed by atoms with Crippen LogP contribution in [0.3, 0.4) is 0 Å². The number of ketones is 1. The average Bonchev–Trinajstić information content (AvgIpc) is 2.78. The van der Waals surface area contributed by atoms with Crippen molar-refractivity contribution in [3.63, 3.8) is 0 Å². The first kappa shape index (κ1) is 22.7. The number of alkyl halides is 2. The maximum atomic E-state index is 14.8. The van der Waals surface area contributed by atoms with E-state index in [1.165, 1.54) is 24.4 Å². The molecule has 2 heterocycles. The SMILES string of the molecule is CC(C)Oc1ccc(C(=O)Cc2ccc(F)c([C@@]3(C)N=C(N)COCC3(F)F)c2)nc1. The second-order valence-corrected chi connectivity index (χ2v) is 7.83. The van der Waals surface area contributed by atoms with Gasteiger partial charge in [0.25, 0.3) is 5.92 Å². The number of aliphatic imine (C=N–C) groups is 1. The van der Waals surface area contributed by atoms with Gasteiger partial charge in [-0.15, -0.1) is 0 Å². The summed E-state index contributed by atoms with van der Waals surface area (Å²) >= 11 is 0. The number of halogens is 3. The zero-order chi connectivity index (χ0) is 22.8. The molecule has 9 heteroatoms. The van der Waals surface area contributed by atoms with Gasteiger partial charge in [0.05, 0.1) is 12.3 Å². The van der Waals surface area contributed by atoms with E-state index >= 15 is 0 Å². The van der Waals surface area contributed by atoms with Crippen LogP contribution in [-0.2, 0) is 16.7 Å². The fourth-order valence-electron chi connectivity index (χ4n) is 3.30. The highest BCUT2D eigenvalue weighted by molar-refractivity contribution is 5.95. The van der Waals surface area contributed by atoms with Crippen LogP contribution in [-0.4, -0.2) is 41.8 Å². The number of nitrogens with zero attached hydrogens (tertiary/aromatic N) is 2. The molecule has 1 aliphatic heterocycles. The largest absolute Gasteiger partial charge is 0.489 e. The van der Waals surface area contributed by atoms with Crippen molar-refractivity contribution in [2.45, 2.75) is 44.8 Å². The van der Waals surface area contributed by atoms with Gasteiger partial charge in [0, 0.05) is 12.0 Å². The molecule has 0 saturated heterocycles. The van der Waals surface area contributed by atoms with Crippen LogP contribution in [0.25, 0.3) is 0 Å². The van der Waals surface area contributed by atoms with Gasteiger partial charge in [-0.3, -0.25) is 9.79 Å². The van der Waals surface area contributed by atoms with Crippen LogP contribution in [0.4, 0.5) is 13.2 Å². The summed E-state index contributed by atoms with van der Waals surface area (Å²) < 4.78 is 54.6. The number of carbonyl (C=O) groups excluding carboxylic acids is 1. The quantitative estimate of drug-likeness (QED) is 0.700.